The summed E-state index contributed by atoms with van der Waals surface area (Å²) in [7, 11) is 0. The molecular weight excluding hydrogens is 186 g/mol. The molecule has 0 aliphatic heterocycles. The average Bonchev–Trinajstić information content (AvgIpc) is 2.26. The second-order valence-corrected chi connectivity index (χ2v) is 5.43. The van der Waals surface area contributed by atoms with Gasteiger partial charge in [0.25, 0.3) is 0 Å². The van der Waals surface area contributed by atoms with Gasteiger partial charge in [-0.15, -0.1) is 0 Å². The van der Waals surface area contributed by atoms with Crippen molar-refractivity contribution in [3.8, 4) is 0 Å². The monoisotopic (exact) mass is 213 g/mol. The third-order valence-corrected chi connectivity index (χ3v) is 4.00. The lowest BCUT2D eigenvalue weighted by molar-refractivity contribution is 0.130. The highest BCUT2D eigenvalue weighted by atomic mass is 16.3. The number of aliphatic hydroxyl groups is 1. The normalized spacial score (nSPS) is 29.4. The van der Waals surface area contributed by atoms with E-state index in [-0.39, 0.29) is 0 Å². The molecule has 2 N–H and O–H groups in total. The van der Waals surface area contributed by atoms with E-state index in [1.165, 1.54) is 25.7 Å². The highest BCUT2D eigenvalue weighted by Crippen LogP contribution is 2.29. The van der Waals surface area contributed by atoms with E-state index < -0.39 is 0 Å². The summed E-state index contributed by atoms with van der Waals surface area (Å²) in [5, 5.41) is 12.9. The second-order valence-electron chi connectivity index (χ2n) is 5.43. The Morgan fingerprint density at radius 1 is 1.13 bits per heavy atom. The van der Waals surface area contributed by atoms with Gasteiger partial charge in [-0.2, -0.15) is 0 Å². The molecule has 0 aromatic rings. The van der Waals surface area contributed by atoms with E-state index in [9.17, 15) is 5.11 Å². The molecule has 3 atom stereocenters. The summed E-state index contributed by atoms with van der Waals surface area (Å²) in [5.74, 6) is 1.94. The van der Waals surface area contributed by atoms with Crippen LogP contribution in [0.4, 0.5) is 0 Å². The van der Waals surface area contributed by atoms with Crippen LogP contribution in [-0.2, 0) is 0 Å². The molecule has 0 bridgehead atoms. The molecule has 1 fully saturated rings. The highest BCUT2D eigenvalue weighted by Gasteiger charge is 2.24. The Kier molecular flexibility index (Phi) is 5.62. The molecule has 90 valence electrons. The van der Waals surface area contributed by atoms with E-state index in [1.807, 2.05) is 0 Å². The summed E-state index contributed by atoms with van der Waals surface area (Å²) in [6.07, 6.45) is 5.17. The molecule has 1 saturated carbocycles. The van der Waals surface area contributed by atoms with Crippen molar-refractivity contribution in [2.75, 3.05) is 13.2 Å². The summed E-state index contributed by atoms with van der Waals surface area (Å²) in [5.41, 5.74) is 0. The van der Waals surface area contributed by atoms with Gasteiger partial charge in [0, 0.05) is 12.6 Å². The molecule has 1 aliphatic carbocycles. The molecule has 0 spiro atoms. The molecule has 1 aliphatic rings. The predicted octanol–water partition coefficient (Wildman–Crippen LogP) is 2.42. The van der Waals surface area contributed by atoms with Gasteiger partial charge < -0.3 is 10.4 Å². The molecule has 0 aromatic carbocycles. The van der Waals surface area contributed by atoms with Crippen LogP contribution in [0.15, 0.2) is 0 Å². The minimum atomic E-state index is 0.377. The van der Waals surface area contributed by atoms with Crippen molar-refractivity contribution in [1.82, 2.24) is 5.32 Å². The average molecular weight is 213 g/mol. The molecule has 0 aromatic heterocycles. The van der Waals surface area contributed by atoms with E-state index in [2.05, 4.69) is 26.1 Å². The SMILES string of the molecule is CC(C)C(C)NCC1CCCCC1CO. The summed E-state index contributed by atoms with van der Waals surface area (Å²) in [6, 6.07) is 0.589. The van der Waals surface area contributed by atoms with Gasteiger partial charge in [0.05, 0.1) is 0 Å². The van der Waals surface area contributed by atoms with Crippen LogP contribution in [0, 0.1) is 17.8 Å². The van der Waals surface area contributed by atoms with Crippen molar-refractivity contribution in [1.29, 1.82) is 0 Å². The maximum atomic E-state index is 9.31. The van der Waals surface area contributed by atoms with Gasteiger partial charge in [-0.3, -0.25) is 0 Å². The highest BCUT2D eigenvalue weighted by molar-refractivity contribution is 4.78. The van der Waals surface area contributed by atoms with Crippen molar-refractivity contribution in [2.45, 2.75) is 52.5 Å². The van der Waals surface area contributed by atoms with Crippen LogP contribution in [-0.4, -0.2) is 24.3 Å². The molecule has 15 heavy (non-hydrogen) atoms. The van der Waals surface area contributed by atoms with Gasteiger partial charge in [0.1, 0.15) is 0 Å². The summed E-state index contributed by atoms with van der Waals surface area (Å²) in [4.78, 5) is 0. The van der Waals surface area contributed by atoms with Crippen molar-refractivity contribution in [2.24, 2.45) is 17.8 Å². The lowest BCUT2D eigenvalue weighted by Crippen LogP contribution is -2.38. The first kappa shape index (κ1) is 13.0. The van der Waals surface area contributed by atoms with Crippen LogP contribution in [0.5, 0.6) is 0 Å². The Morgan fingerprint density at radius 3 is 2.27 bits per heavy atom. The van der Waals surface area contributed by atoms with Crippen LogP contribution >= 0.6 is 0 Å². The van der Waals surface area contributed by atoms with Crippen molar-refractivity contribution >= 4 is 0 Å². The molecule has 0 amide bonds. The first-order chi connectivity index (χ1) is 7.15. The van der Waals surface area contributed by atoms with E-state index in [0.29, 0.717) is 30.4 Å². The van der Waals surface area contributed by atoms with Gasteiger partial charge >= 0.3 is 0 Å². The minimum absolute atomic E-state index is 0.377. The molecule has 0 saturated heterocycles. The van der Waals surface area contributed by atoms with E-state index in [0.717, 1.165) is 6.54 Å². The van der Waals surface area contributed by atoms with Gasteiger partial charge in [0.2, 0.25) is 0 Å². The second kappa shape index (κ2) is 6.49. The van der Waals surface area contributed by atoms with Gasteiger partial charge in [0.15, 0.2) is 0 Å². The number of rotatable bonds is 5. The molecule has 0 radical (unpaired) electrons. The van der Waals surface area contributed by atoms with Gasteiger partial charge in [-0.25, -0.2) is 0 Å². The quantitative estimate of drug-likeness (QED) is 0.735. The predicted molar refractivity (Wildman–Crippen MR) is 64.8 cm³/mol. The molecule has 1 rings (SSSR count). The van der Waals surface area contributed by atoms with Crippen LogP contribution < -0.4 is 5.32 Å². The van der Waals surface area contributed by atoms with Crippen molar-refractivity contribution in [3.05, 3.63) is 0 Å². The maximum absolute atomic E-state index is 9.31. The van der Waals surface area contributed by atoms with Crippen LogP contribution in [0.1, 0.15) is 46.5 Å². The summed E-state index contributed by atoms with van der Waals surface area (Å²) < 4.78 is 0. The van der Waals surface area contributed by atoms with Crippen molar-refractivity contribution < 1.29 is 5.11 Å². The lowest BCUT2D eigenvalue weighted by Gasteiger charge is -2.32. The minimum Gasteiger partial charge on any atom is -0.396 e. The Bertz CT molecular complexity index is 170. The van der Waals surface area contributed by atoms with Crippen LogP contribution in [0.3, 0.4) is 0 Å². The van der Waals surface area contributed by atoms with Gasteiger partial charge in [-0.1, -0.05) is 26.7 Å². The van der Waals surface area contributed by atoms with Crippen LogP contribution in [0.25, 0.3) is 0 Å². The maximum Gasteiger partial charge on any atom is 0.0462 e. The number of nitrogens with one attached hydrogen (secondary N) is 1. The first-order valence-corrected chi connectivity index (χ1v) is 6.49. The third kappa shape index (κ3) is 4.12. The Morgan fingerprint density at radius 2 is 1.73 bits per heavy atom. The van der Waals surface area contributed by atoms with Crippen molar-refractivity contribution in [3.63, 3.8) is 0 Å². The zero-order valence-corrected chi connectivity index (χ0v) is 10.5. The Labute approximate surface area is 94.5 Å². The van der Waals surface area contributed by atoms with E-state index >= 15 is 0 Å². The fraction of sp³-hybridized carbons (Fsp3) is 1.00. The fourth-order valence-electron chi connectivity index (χ4n) is 2.37. The zero-order valence-electron chi connectivity index (χ0n) is 10.5. The van der Waals surface area contributed by atoms with Crippen LogP contribution in [0.2, 0.25) is 0 Å². The summed E-state index contributed by atoms with van der Waals surface area (Å²) >= 11 is 0. The number of aliphatic hydroxyl groups excluding tert-OH is 1. The zero-order chi connectivity index (χ0) is 11.3. The molecule has 2 nitrogen and oxygen atoms in total. The summed E-state index contributed by atoms with van der Waals surface area (Å²) in [6.45, 7) is 8.22. The first-order valence-electron chi connectivity index (χ1n) is 6.49. The number of hydrogen-bond acceptors (Lipinski definition) is 2. The Hall–Kier alpha value is -0.0800. The van der Waals surface area contributed by atoms with E-state index in [1.54, 1.807) is 0 Å². The smallest absolute Gasteiger partial charge is 0.0462 e. The van der Waals surface area contributed by atoms with E-state index in [4.69, 9.17) is 0 Å². The fourth-order valence-corrected chi connectivity index (χ4v) is 2.37. The third-order valence-electron chi connectivity index (χ3n) is 4.00. The Balaban J connectivity index is 2.29. The lowest BCUT2D eigenvalue weighted by atomic mass is 9.79. The standard InChI is InChI=1S/C13H27NO/c1-10(2)11(3)14-8-12-6-4-5-7-13(12)9-15/h10-15H,4-9H2,1-3H3. The molecular formula is C13H27NO. The molecule has 3 unspecified atom stereocenters. The molecule has 0 heterocycles. The number of hydrogen-bond donors (Lipinski definition) is 2. The van der Waals surface area contributed by atoms with Gasteiger partial charge in [-0.05, 0) is 44.1 Å². The largest absolute Gasteiger partial charge is 0.396 e. The molecule has 2 heteroatoms. The topological polar surface area (TPSA) is 32.3 Å².